The van der Waals surface area contributed by atoms with E-state index in [1.165, 1.54) is 0 Å². The quantitative estimate of drug-likeness (QED) is 0.577. The smallest absolute Gasteiger partial charge is 0.272 e. The lowest BCUT2D eigenvalue weighted by atomic mass is 10.3. The number of nitrogens with zero attached hydrogens (tertiary/aromatic N) is 2. The molecule has 146 valence electrons. The van der Waals surface area contributed by atoms with Gasteiger partial charge in [-0.3, -0.25) is 9.59 Å². The zero-order chi connectivity index (χ0) is 19.6. The number of carbonyl (C=O) groups excluding carboxylic acids is 2. The molecule has 0 aromatic heterocycles. The molecule has 1 heterocycles. The van der Waals surface area contributed by atoms with E-state index in [0.717, 1.165) is 0 Å². The van der Waals surface area contributed by atoms with Crippen LogP contribution in [0.2, 0.25) is 0 Å². The molecule has 0 atom stereocenters. The minimum Gasteiger partial charge on any atom is -0.272 e. The van der Waals surface area contributed by atoms with E-state index in [0.29, 0.717) is 12.8 Å². The van der Waals surface area contributed by atoms with Gasteiger partial charge in [-0.25, -0.2) is 17.0 Å². The lowest BCUT2D eigenvalue weighted by molar-refractivity contribution is -0.138. The average Bonchev–Trinajstić information content (AvgIpc) is 2.45. The highest BCUT2D eigenvalue weighted by molar-refractivity contribution is 7.95. The van der Waals surface area contributed by atoms with Crippen molar-refractivity contribution in [3.63, 3.8) is 0 Å². The van der Waals surface area contributed by atoms with Gasteiger partial charge in [0.25, 0.3) is 21.7 Å². The van der Waals surface area contributed by atoms with E-state index in [-0.39, 0.29) is 21.5 Å². The normalized spacial score (nSPS) is 19.6. The molecule has 2 amide bonds. The fourth-order valence-corrected chi connectivity index (χ4v) is 4.98. The maximum absolute atomic E-state index is 12.8. The maximum Gasteiger partial charge on any atom is 0.498 e. The SMILES string of the molecule is CCCCN1C(=O)C(S(=O)(=O)C(F)(F)F)C(=O)N(CCCC)S1(=O)=O. The average molecular weight is 408 g/mol. The van der Waals surface area contributed by atoms with Gasteiger partial charge in [-0.2, -0.15) is 21.6 Å². The number of hydrogen-bond donors (Lipinski definition) is 0. The van der Waals surface area contributed by atoms with E-state index in [4.69, 9.17) is 0 Å². The fraction of sp³-hybridized carbons (Fsp3) is 0.833. The van der Waals surface area contributed by atoms with Crippen molar-refractivity contribution in [2.75, 3.05) is 13.1 Å². The number of unbranched alkanes of at least 4 members (excludes halogenated alkanes) is 2. The predicted molar refractivity (Wildman–Crippen MR) is 80.9 cm³/mol. The summed E-state index contributed by atoms with van der Waals surface area (Å²) in [5, 5.41) is -3.13. The van der Waals surface area contributed by atoms with Crippen LogP contribution >= 0.6 is 0 Å². The number of halogens is 3. The predicted octanol–water partition coefficient (Wildman–Crippen LogP) is 0.805. The summed E-state index contributed by atoms with van der Waals surface area (Å²) in [5.41, 5.74) is -5.86. The summed E-state index contributed by atoms with van der Waals surface area (Å²) in [6.07, 6.45) is 1.02. The van der Waals surface area contributed by atoms with Crippen LogP contribution in [-0.2, 0) is 29.6 Å². The van der Waals surface area contributed by atoms with Gasteiger partial charge in [0.1, 0.15) is 0 Å². The van der Waals surface area contributed by atoms with Crippen LogP contribution in [0.25, 0.3) is 0 Å². The molecular formula is C12H19F3N2O6S2. The van der Waals surface area contributed by atoms with E-state index in [2.05, 4.69) is 0 Å². The Bertz CT molecular complexity index is 698. The first-order valence-electron chi connectivity index (χ1n) is 7.52. The first kappa shape index (κ1) is 21.7. The molecule has 0 unspecified atom stereocenters. The van der Waals surface area contributed by atoms with E-state index in [1.54, 1.807) is 13.8 Å². The Labute approximate surface area is 144 Å². The number of rotatable bonds is 7. The van der Waals surface area contributed by atoms with Crippen LogP contribution < -0.4 is 0 Å². The molecule has 8 nitrogen and oxygen atoms in total. The van der Waals surface area contributed by atoms with Crippen LogP contribution in [0.5, 0.6) is 0 Å². The van der Waals surface area contributed by atoms with Gasteiger partial charge in [-0.1, -0.05) is 26.7 Å². The van der Waals surface area contributed by atoms with Gasteiger partial charge < -0.3 is 0 Å². The second-order valence-corrected chi connectivity index (χ2v) is 9.21. The monoisotopic (exact) mass is 408 g/mol. The summed E-state index contributed by atoms with van der Waals surface area (Å²) in [7, 11) is -10.9. The van der Waals surface area contributed by atoms with E-state index < -0.39 is 55.7 Å². The topological polar surface area (TPSA) is 109 Å². The number of carbonyl (C=O) groups is 2. The molecule has 0 spiro atoms. The van der Waals surface area contributed by atoms with Crippen molar-refractivity contribution in [1.82, 2.24) is 8.61 Å². The zero-order valence-corrected chi connectivity index (χ0v) is 15.2. The Balaban J connectivity index is 3.49. The number of hydrogen-bond acceptors (Lipinski definition) is 6. The number of amides is 2. The largest absolute Gasteiger partial charge is 0.498 e. The van der Waals surface area contributed by atoms with Crippen molar-refractivity contribution in [1.29, 1.82) is 0 Å². The Kier molecular flexibility index (Phi) is 6.48. The first-order valence-corrected chi connectivity index (χ1v) is 10.5. The zero-order valence-electron chi connectivity index (χ0n) is 13.6. The molecule has 0 aliphatic carbocycles. The fourth-order valence-electron chi connectivity index (χ4n) is 2.17. The van der Waals surface area contributed by atoms with Gasteiger partial charge in [0, 0.05) is 13.1 Å². The molecule has 1 saturated heterocycles. The molecule has 0 aromatic carbocycles. The molecule has 1 aliphatic heterocycles. The summed E-state index contributed by atoms with van der Waals surface area (Å²) in [6.45, 7) is 2.28. The molecule has 0 aromatic rings. The molecule has 1 aliphatic rings. The summed E-state index contributed by atoms with van der Waals surface area (Å²) < 4.78 is 86.8. The standard InChI is InChI=1S/C12H19F3N2O6S2/c1-3-5-7-16-10(18)9(24(20,21)12(13,14)15)11(19)17(8-6-4-2)25(16,22)23/h9H,3-8H2,1-2H3. The summed E-state index contributed by atoms with van der Waals surface area (Å²) in [6, 6.07) is 0. The lowest BCUT2D eigenvalue weighted by Gasteiger charge is -2.37. The minimum absolute atomic E-state index is 0.0571. The van der Waals surface area contributed by atoms with Crippen molar-refractivity contribution in [2.24, 2.45) is 0 Å². The second kappa shape index (κ2) is 7.48. The van der Waals surface area contributed by atoms with Crippen molar-refractivity contribution in [2.45, 2.75) is 50.3 Å². The third-order valence-corrected chi connectivity index (χ3v) is 7.07. The summed E-state index contributed by atoms with van der Waals surface area (Å²) in [4.78, 5) is 24.4. The molecule has 25 heavy (non-hydrogen) atoms. The number of sulfone groups is 1. The van der Waals surface area contributed by atoms with Gasteiger partial charge in [-0.15, -0.1) is 0 Å². The Morgan fingerprint density at radius 1 is 0.960 bits per heavy atom. The first-order chi connectivity index (χ1) is 11.3. The van der Waals surface area contributed by atoms with Crippen LogP contribution in [0.1, 0.15) is 39.5 Å². The van der Waals surface area contributed by atoms with Crippen LogP contribution in [-0.4, -0.2) is 61.1 Å². The van der Waals surface area contributed by atoms with Gasteiger partial charge >= 0.3 is 15.7 Å². The van der Waals surface area contributed by atoms with Gasteiger partial charge in [0.2, 0.25) is 5.25 Å². The summed E-state index contributed by atoms with van der Waals surface area (Å²) in [5.74, 6) is -3.77. The van der Waals surface area contributed by atoms with E-state index >= 15 is 0 Å². The highest BCUT2D eigenvalue weighted by atomic mass is 32.2. The Hall–Kier alpha value is -1.37. The van der Waals surface area contributed by atoms with Crippen molar-refractivity contribution in [3.8, 4) is 0 Å². The van der Waals surface area contributed by atoms with Crippen LogP contribution in [0, 0.1) is 0 Å². The third kappa shape index (κ3) is 3.91. The van der Waals surface area contributed by atoms with Crippen LogP contribution in [0.4, 0.5) is 13.2 Å². The summed E-state index contributed by atoms with van der Waals surface area (Å²) >= 11 is 0. The van der Waals surface area contributed by atoms with Crippen molar-refractivity contribution in [3.05, 3.63) is 0 Å². The van der Waals surface area contributed by atoms with Crippen molar-refractivity contribution < 1.29 is 39.6 Å². The molecule has 0 radical (unpaired) electrons. The second-order valence-electron chi connectivity index (χ2n) is 5.41. The van der Waals surface area contributed by atoms with Gasteiger partial charge in [0.05, 0.1) is 0 Å². The molecule has 0 N–H and O–H groups in total. The number of alkyl halides is 3. The molecule has 1 rings (SSSR count). The highest BCUT2D eigenvalue weighted by Gasteiger charge is 2.63. The van der Waals surface area contributed by atoms with Gasteiger partial charge in [0.15, 0.2) is 0 Å². The van der Waals surface area contributed by atoms with E-state index in [9.17, 15) is 39.6 Å². The molecule has 0 bridgehead atoms. The lowest BCUT2D eigenvalue weighted by Crippen LogP contribution is -2.65. The maximum atomic E-state index is 12.8. The molecular weight excluding hydrogens is 389 g/mol. The van der Waals surface area contributed by atoms with Crippen LogP contribution in [0.3, 0.4) is 0 Å². The minimum atomic E-state index is -6.21. The highest BCUT2D eigenvalue weighted by Crippen LogP contribution is 2.33. The third-order valence-electron chi connectivity index (χ3n) is 3.56. The van der Waals surface area contributed by atoms with E-state index in [1.807, 2.05) is 0 Å². The molecule has 1 fully saturated rings. The molecule has 13 heteroatoms. The van der Waals surface area contributed by atoms with Gasteiger partial charge in [-0.05, 0) is 12.8 Å². The Morgan fingerprint density at radius 3 is 1.60 bits per heavy atom. The van der Waals surface area contributed by atoms with Crippen LogP contribution in [0.15, 0.2) is 0 Å². The molecule has 0 saturated carbocycles. The van der Waals surface area contributed by atoms with Crippen molar-refractivity contribution >= 4 is 31.9 Å². The Morgan fingerprint density at radius 2 is 1.32 bits per heavy atom.